The van der Waals surface area contributed by atoms with Crippen molar-refractivity contribution in [2.75, 3.05) is 17.6 Å². The number of anilines is 1. The molecule has 21 heavy (non-hydrogen) atoms. The van der Waals surface area contributed by atoms with E-state index in [2.05, 4.69) is 36.3 Å². The maximum absolute atomic E-state index is 5.95. The second kappa shape index (κ2) is 6.92. The molecule has 0 aromatic carbocycles. The Morgan fingerprint density at radius 3 is 2.67 bits per heavy atom. The van der Waals surface area contributed by atoms with Gasteiger partial charge in [-0.2, -0.15) is 16.9 Å². The van der Waals surface area contributed by atoms with Gasteiger partial charge in [-0.1, -0.05) is 26.1 Å². The molecule has 1 atom stereocenters. The summed E-state index contributed by atoms with van der Waals surface area (Å²) in [6.07, 6.45) is 4.23. The molecule has 0 bridgehead atoms. The standard InChI is InChI=1S/C15H24N4S2/c1-4-10-11(5-2)18-19-14(12(10)13(16)20)17-9-15(3)7-6-8-21-15/h4-9H2,1-3H3,(H2,16,20)(H,17,19). The van der Waals surface area contributed by atoms with Crippen LogP contribution in [0.25, 0.3) is 0 Å². The summed E-state index contributed by atoms with van der Waals surface area (Å²) in [5, 5.41) is 12.1. The average molecular weight is 325 g/mol. The molecule has 1 saturated heterocycles. The largest absolute Gasteiger partial charge is 0.389 e. The lowest BCUT2D eigenvalue weighted by atomic mass is 10.0. The van der Waals surface area contributed by atoms with Crippen LogP contribution in [-0.4, -0.2) is 32.2 Å². The first-order chi connectivity index (χ1) is 10.0. The van der Waals surface area contributed by atoms with Gasteiger partial charge in [0.05, 0.1) is 11.3 Å². The monoisotopic (exact) mass is 324 g/mol. The van der Waals surface area contributed by atoms with Gasteiger partial charge >= 0.3 is 0 Å². The van der Waals surface area contributed by atoms with E-state index >= 15 is 0 Å². The normalized spacial score (nSPS) is 21.5. The Hall–Kier alpha value is -0.880. The predicted molar refractivity (Wildman–Crippen MR) is 95.3 cm³/mol. The van der Waals surface area contributed by atoms with Gasteiger partial charge in [-0.25, -0.2) is 0 Å². The molecule has 1 unspecified atom stereocenters. The molecule has 3 N–H and O–H groups in total. The molecule has 0 radical (unpaired) electrons. The first-order valence-electron chi connectivity index (χ1n) is 7.56. The van der Waals surface area contributed by atoms with E-state index in [4.69, 9.17) is 18.0 Å². The van der Waals surface area contributed by atoms with Crippen molar-refractivity contribution in [3.05, 3.63) is 16.8 Å². The SMILES string of the molecule is CCc1nnc(NCC2(C)CCCS2)c(C(N)=S)c1CC. The first-order valence-corrected chi connectivity index (χ1v) is 8.96. The minimum Gasteiger partial charge on any atom is -0.389 e. The van der Waals surface area contributed by atoms with Crippen molar-refractivity contribution in [2.45, 2.75) is 51.2 Å². The van der Waals surface area contributed by atoms with E-state index in [1.165, 1.54) is 18.6 Å². The maximum atomic E-state index is 5.95. The number of hydrogen-bond acceptors (Lipinski definition) is 5. The highest BCUT2D eigenvalue weighted by molar-refractivity contribution is 8.00. The van der Waals surface area contributed by atoms with Gasteiger partial charge in [0, 0.05) is 11.3 Å². The van der Waals surface area contributed by atoms with Crippen molar-refractivity contribution >= 4 is 34.8 Å². The minimum absolute atomic E-state index is 0.269. The number of hydrogen-bond donors (Lipinski definition) is 2. The van der Waals surface area contributed by atoms with Crippen LogP contribution in [-0.2, 0) is 12.8 Å². The van der Waals surface area contributed by atoms with E-state index in [9.17, 15) is 0 Å². The van der Waals surface area contributed by atoms with E-state index in [0.29, 0.717) is 4.99 Å². The van der Waals surface area contributed by atoms with Gasteiger partial charge in [0.2, 0.25) is 0 Å². The predicted octanol–water partition coefficient (Wildman–Crippen LogP) is 2.93. The molecular formula is C15H24N4S2. The summed E-state index contributed by atoms with van der Waals surface area (Å²) in [7, 11) is 0. The first kappa shape index (κ1) is 16.5. The fourth-order valence-corrected chi connectivity index (χ4v) is 4.27. The number of nitrogens with one attached hydrogen (secondary N) is 1. The van der Waals surface area contributed by atoms with Gasteiger partial charge in [0.25, 0.3) is 0 Å². The van der Waals surface area contributed by atoms with E-state index in [1.54, 1.807) is 0 Å². The van der Waals surface area contributed by atoms with E-state index in [0.717, 1.165) is 42.0 Å². The summed E-state index contributed by atoms with van der Waals surface area (Å²) < 4.78 is 0.269. The highest BCUT2D eigenvalue weighted by Crippen LogP contribution is 2.37. The maximum Gasteiger partial charge on any atom is 0.159 e. The Kier molecular flexibility index (Phi) is 5.43. The molecular weight excluding hydrogens is 300 g/mol. The lowest BCUT2D eigenvalue weighted by Gasteiger charge is -2.24. The molecule has 4 nitrogen and oxygen atoms in total. The van der Waals surface area contributed by atoms with Gasteiger partial charge in [0.1, 0.15) is 4.99 Å². The van der Waals surface area contributed by atoms with Gasteiger partial charge in [-0.15, -0.1) is 5.10 Å². The van der Waals surface area contributed by atoms with Crippen LogP contribution in [0.2, 0.25) is 0 Å². The van der Waals surface area contributed by atoms with Crippen LogP contribution in [0.3, 0.4) is 0 Å². The summed E-state index contributed by atoms with van der Waals surface area (Å²) in [6.45, 7) is 7.36. The fourth-order valence-electron chi connectivity index (χ4n) is 2.81. The Morgan fingerprint density at radius 1 is 1.38 bits per heavy atom. The lowest BCUT2D eigenvalue weighted by Crippen LogP contribution is -2.29. The topological polar surface area (TPSA) is 63.8 Å². The number of aryl methyl sites for hydroxylation is 1. The van der Waals surface area contributed by atoms with E-state index in [-0.39, 0.29) is 4.75 Å². The Balaban J connectivity index is 2.28. The number of thiocarbonyl (C=S) groups is 1. The molecule has 2 heterocycles. The second-order valence-electron chi connectivity index (χ2n) is 5.68. The van der Waals surface area contributed by atoms with Crippen LogP contribution < -0.4 is 11.1 Å². The molecule has 0 saturated carbocycles. The molecule has 0 aliphatic carbocycles. The van der Waals surface area contributed by atoms with Crippen LogP contribution in [0.4, 0.5) is 5.82 Å². The van der Waals surface area contributed by atoms with E-state index in [1.807, 2.05) is 11.8 Å². The fraction of sp³-hybridized carbons (Fsp3) is 0.667. The summed E-state index contributed by atoms with van der Waals surface area (Å²) in [4.78, 5) is 0.406. The smallest absolute Gasteiger partial charge is 0.159 e. The quantitative estimate of drug-likeness (QED) is 0.785. The zero-order valence-corrected chi connectivity index (χ0v) is 14.7. The third kappa shape index (κ3) is 3.66. The Labute approximate surface area is 136 Å². The molecule has 1 aliphatic heterocycles. The molecule has 1 aromatic heterocycles. The van der Waals surface area contributed by atoms with Gasteiger partial charge in [0.15, 0.2) is 5.82 Å². The van der Waals surface area contributed by atoms with Crippen molar-refractivity contribution in [3.8, 4) is 0 Å². The molecule has 0 spiro atoms. The highest BCUT2D eigenvalue weighted by atomic mass is 32.2. The molecule has 6 heteroatoms. The van der Waals surface area contributed by atoms with Crippen molar-refractivity contribution in [1.82, 2.24) is 10.2 Å². The molecule has 2 rings (SSSR count). The number of nitrogens with two attached hydrogens (primary N) is 1. The minimum atomic E-state index is 0.269. The van der Waals surface area contributed by atoms with Crippen LogP contribution in [0.15, 0.2) is 0 Å². The average Bonchev–Trinajstić information content (AvgIpc) is 2.90. The second-order valence-corrected chi connectivity index (χ2v) is 7.80. The molecule has 1 fully saturated rings. The lowest BCUT2D eigenvalue weighted by molar-refractivity contribution is 0.632. The zero-order valence-electron chi connectivity index (χ0n) is 13.0. The Bertz CT molecular complexity index is 525. The van der Waals surface area contributed by atoms with Gasteiger partial charge < -0.3 is 11.1 Å². The van der Waals surface area contributed by atoms with Crippen molar-refractivity contribution in [1.29, 1.82) is 0 Å². The van der Waals surface area contributed by atoms with Crippen LogP contribution >= 0.6 is 24.0 Å². The third-order valence-corrected chi connectivity index (χ3v) is 5.77. The van der Waals surface area contributed by atoms with Crippen LogP contribution in [0.1, 0.15) is 50.4 Å². The zero-order chi connectivity index (χ0) is 15.5. The number of aromatic nitrogens is 2. The summed E-state index contributed by atoms with van der Waals surface area (Å²) >= 11 is 7.27. The number of nitrogens with zero attached hydrogens (tertiary/aromatic N) is 2. The summed E-state index contributed by atoms with van der Waals surface area (Å²) in [6, 6.07) is 0. The van der Waals surface area contributed by atoms with Crippen molar-refractivity contribution < 1.29 is 0 Å². The van der Waals surface area contributed by atoms with Gasteiger partial charge in [-0.05, 0) is 43.9 Å². The number of rotatable bonds is 6. The molecule has 1 aliphatic rings. The third-order valence-electron chi connectivity index (χ3n) is 4.02. The van der Waals surface area contributed by atoms with Crippen LogP contribution in [0, 0.1) is 0 Å². The highest BCUT2D eigenvalue weighted by Gasteiger charge is 2.30. The van der Waals surface area contributed by atoms with Crippen molar-refractivity contribution in [2.24, 2.45) is 5.73 Å². The van der Waals surface area contributed by atoms with E-state index < -0.39 is 0 Å². The Morgan fingerprint density at radius 2 is 2.14 bits per heavy atom. The molecule has 0 amide bonds. The summed E-state index contributed by atoms with van der Waals surface area (Å²) in [5.41, 5.74) is 8.95. The van der Waals surface area contributed by atoms with Crippen molar-refractivity contribution in [3.63, 3.8) is 0 Å². The molecule has 116 valence electrons. The van der Waals surface area contributed by atoms with Gasteiger partial charge in [-0.3, -0.25) is 0 Å². The molecule has 1 aromatic rings. The van der Waals surface area contributed by atoms with Crippen LogP contribution in [0.5, 0.6) is 0 Å². The number of thioether (sulfide) groups is 1. The summed E-state index contributed by atoms with van der Waals surface area (Å²) in [5.74, 6) is 1.98.